The van der Waals surface area contributed by atoms with Gasteiger partial charge >= 0.3 is 0 Å². The highest BCUT2D eigenvalue weighted by Crippen LogP contribution is 2.45. The van der Waals surface area contributed by atoms with Gasteiger partial charge in [-0.3, -0.25) is 4.98 Å². The molecule has 40 heavy (non-hydrogen) atoms. The van der Waals surface area contributed by atoms with Crippen LogP contribution in [0.15, 0.2) is 48.8 Å². The lowest BCUT2D eigenvalue weighted by Crippen LogP contribution is -2.40. The van der Waals surface area contributed by atoms with Crippen molar-refractivity contribution in [2.75, 3.05) is 62.4 Å². The summed E-state index contributed by atoms with van der Waals surface area (Å²) < 4.78 is 41.4. The van der Waals surface area contributed by atoms with Crippen LogP contribution in [0.5, 0.6) is 0 Å². The average molecular weight is 546 g/mol. The summed E-state index contributed by atoms with van der Waals surface area (Å²) >= 11 is 0. The number of pyridine rings is 3. The molecule has 2 saturated heterocycles. The predicted molar refractivity (Wildman–Crippen MR) is 152 cm³/mol. The molecule has 9 heteroatoms. The van der Waals surface area contributed by atoms with Crippen LogP contribution in [0.2, 0.25) is 0 Å². The van der Waals surface area contributed by atoms with Crippen LogP contribution in [0.4, 0.5) is 20.3 Å². The van der Waals surface area contributed by atoms with Gasteiger partial charge in [-0.1, -0.05) is 19.9 Å². The third-order valence-corrected chi connectivity index (χ3v) is 7.99. The summed E-state index contributed by atoms with van der Waals surface area (Å²) in [6, 6.07) is 10.0. The van der Waals surface area contributed by atoms with Crippen LogP contribution in [-0.4, -0.2) is 67.6 Å². The molecule has 0 saturated carbocycles. The minimum atomic E-state index is -0.740. The van der Waals surface area contributed by atoms with E-state index >= 15 is 4.39 Å². The number of benzene rings is 1. The molecule has 6 rings (SSSR count). The van der Waals surface area contributed by atoms with Gasteiger partial charge in [0.25, 0.3) is 0 Å². The van der Waals surface area contributed by atoms with Gasteiger partial charge in [-0.25, -0.2) is 18.7 Å². The largest absolute Gasteiger partial charge is 0.378 e. The van der Waals surface area contributed by atoms with Crippen molar-refractivity contribution in [3.8, 4) is 11.4 Å². The van der Waals surface area contributed by atoms with Gasteiger partial charge in [0, 0.05) is 60.9 Å². The maximum Gasteiger partial charge on any atom is 0.135 e. The minimum Gasteiger partial charge on any atom is -0.378 e. The molecule has 0 aliphatic carbocycles. The van der Waals surface area contributed by atoms with Gasteiger partial charge in [-0.2, -0.15) is 0 Å². The number of anilines is 2. The number of fused-ring (bicyclic) bond motifs is 1. The molecule has 208 valence electrons. The maximum atomic E-state index is 15.7. The van der Waals surface area contributed by atoms with Gasteiger partial charge in [0.15, 0.2) is 0 Å². The molecule has 2 aliphatic rings. The molecule has 4 aromatic rings. The van der Waals surface area contributed by atoms with Crippen LogP contribution in [0, 0.1) is 18.6 Å². The first kappa shape index (κ1) is 26.5. The van der Waals surface area contributed by atoms with Crippen molar-refractivity contribution in [2.45, 2.75) is 26.2 Å². The molecular weight excluding hydrogens is 512 g/mol. The number of nitrogens with zero attached hydrogens (tertiary/aromatic N) is 5. The van der Waals surface area contributed by atoms with E-state index in [1.807, 2.05) is 31.3 Å². The number of halogens is 2. The quantitative estimate of drug-likeness (QED) is 0.338. The second-order valence-corrected chi connectivity index (χ2v) is 10.8. The second-order valence-electron chi connectivity index (χ2n) is 10.8. The van der Waals surface area contributed by atoms with Crippen LogP contribution in [-0.2, 0) is 14.9 Å². The molecule has 5 heterocycles. The van der Waals surface area contributed by atoms with Crippen molar-refractivity contribution in [3.63, 3.8) is 0 Å². The molecule has 2 aliphatic heterocycles. The smallest absolute Gasteiger partial charge is 0.135 e. The van der Waals surface area contributed by atoms with E-state index in [0.29, 0.717) is 56.3 Å². The van der Waals surface area contributed by atoms with Crippen molar-refractivity contribution in [2.24, 2.45) is 0 Å². The van der Waals surface area contributed by atoms with Crippen molar-refractivity contribution in [3.05, 3.63) is 77.1 Å². The Kier molecular flexibility index (Phi) is 7.10. The fourth-order valence-electron chi connectivity index (χ4n) is 6.00. The highest BCUT2D eigenvalue weighted by Gasteiger charge is 2.35. The van der Waals surface area contributed by atoms with Crippen molar-refractivity contribution < 1.29 is 18.3 Å². The second kappa shape index (κ2) is 10.7. The minimum absolute atomic E-state index is 0.261. The fourth-order valence-corrected chi connectivity index (χ4v) is 6.00. The Balaban J connectivity index is 1.62. The Morgan fingerprint density at radius 2 is 1.57 bits per heavy atom. The summed E-state index contributed by atoms with van der Waals surface area (Å²) in [7, 11) is 0. The van der Waals surface area contributed by atoms with Crippen LogP contribution in [0.25, 0.3) is 22.3 Å². The zero-order chi connectivity index (χ0) is 27.9. The predicted octanol–water partition coefficient (Wildman–Crippen LogP) is 5.28. The van der Waals surface area contributed by atoms with E-state index in [9.17, 15) is 4.39 Å². The average Bonchev–Trinajstić information content (AvgIpc) is 2.98. The molecule has 0 N–H and O–H groups in total. The van der Waals surface area contributed by atoms with E-state index in [2.05, 4.69) is 34.7 Å². The van der Waals surface area contributed by atoms with Crippen LogP contribution in [0.3, 0.4) is 0 Å². The normalized spacial score (nSPS) is 16.5. The van der Waals surface area contributed by atoms with E-state index < -0.39 is 17.0 Å². The van der Waals surface area contributed by atoms with Crippen LogP contribution in [0.1, 0.15) is 30.5 Å². The first-order chi connectivity index (χ1) is 19.3. The molecule has 0 unspecified atom stereocenters. The van der Waals surface area contributed by atoms with E-state index in [1.54, 1.807) is 6.20 Å². The highest BCUT2D eigenvalue weighted by molar-refractivity contribution is 5.89. The molecule has 2 fully saturated rings. The van der Waals surface area contributed by atoms with E-state index in [0.717, 1.165) is 47.4 Å². The molecule has 3 aromatic heterocycles. The van der Waals surface area contributed by atoms with Gasteiger partial charge in [0.1, 0.15) is 17.5 Å². The lowest BCUT2D eigenvalue weighted by atomic mass is 9.74. The number of hydrogen-bond acceptors (Lipinski definition) is 7. The lowest BCUT2D eigenvalue weighted by molar-refractivity contribution is 0.122. The van der Waals surface area contributed by atoms with E-state index in [4.69, 9.17) is 19.4 Å². The van der Waals surface area contributed by atoms with Gasteiger partial charge < -0.3 is 19.3 Å². The number of ether oxygens (including phenoxy) is 2. The summed E-state index contributed by atoms with van der Waals surface area (Å²) in [5.41, 5.74) is 4.27. The molecule has 0 bridgehead atoms. The molecule has 1 aromatic carbocycles. The van der Waals surface area contributed by atoms with Gasteiger partial charge in [-0.15, -0.1) is 0 Å². The highest BCUT2D eigenvalue weighted by atomic mass is 19.1. The molecule has 0 amide bonds. The van der Waals surface area contributed by atoms with Crippen LogP contribution >= 0.6 is 0 Å². The number of hydrogen-bond donors (Lipinski definition) is 0. The Labute approximate surface area is 232 Å². The van der Waals surface area contributed by atoms with Gasteiger partial charge in [0.2, 0.25) is 0 Å². The third kappa shape index (κ3) is 4.77. The molecular formula is C31H33F2N5O2. The number of morpholine rings is 2. The molecule has 7 nitrogen and oxygen atoms in total. The summed E-state index contributed by atoms with van der Waals surface area (Å²) in [6.45, 7) is 11.6. The standard InChI is InChI=1S/C31H33F2N5O2/c1-20-28(27-24(33)16-21(32)17-26(27)36-29(20)25-6-4-5-7-34-25)31(2,3)23-18-22(37-8-12-39-13-9-37)19-35-30(23)38-10-14-40-15-11-38/h4-7,16-19H,8-15H2,1-3H3. The monoisotopic (exact) mass is 545 g/mol. The maximum absolute atomic E-state index is 15.7. The molecule has 0 atom stereocenters. The summed E-state index contributed by atoms with van der Waals surface area (Å²) in [5.74, 6) is -0.454. The Morgan fingerprint density at radius 1 is 0.875 bits per heavy atom. The fraction of sp³-hybridized carbons (Fsp3) is 0.387. The van der Waals surface area contributed by atoms with Crippen LogP contribution < -0.4 is 9.80 Å². The summed E-state index contributed by atoms with van der Waals surface area (Å²) in [4.78, 5) is 18.8. The third-order valence-electron chi connectivity index (χ3n) is 7.99. The SMILES string of the molecule is Cc1c(-c2ccccn2)nc2cc(F)cc(F)c2c1C(C)(C)c1cc(N2CCOCC2)cnc1N1CCOCC1. The topological polar surface area (TPSA) is 63.6 Å². The zero-order valence-electron chi connectivity index (χ0n) is 23.1. The number of rotatable bonds is 5. The zero-order valence-corrected chi connectivity index (χ0v) is 23.1. The van der Waals surface area contributed by atoms with Gasteiger partial charge in [-0.05, 0) is 36.2 Å². The lowest BCUT2D eigenvalue weighted by Gasteiger charge is -2.37. The molecule has 0 radical (unpaired) electrons. The van der Waals surface area contributed by atoms with Gasteiger partial charge in [0.05, 0.1) is 55.2 Å². The van der Waals surface area contributed by atoms with E-state index in [-0.39, 0.29) is 5.52 Å². The Morgan fingerprint density at radius 3 is 2.25 bits per heavy atom. The van der Waals surface area contributed by atoms with Crippen molar-refractivity contribution in [1.82, 2.24) is 15.0 Å². The van der Waals surface area contributed by atoms with Crippen molar-refractivity contribution >= 4 is 22.4 Å². The van der Waals surface area contributed by atoms with Crippen molar-refractivity contribution in [1.29, 1.82) is 0 Å². The van der Waals surface area contributed by atoms with E-state index in [1.165, 1.54) is 6.07 Å². The molecule has 0 spiro atoms. The first-order valence-corrected chi connectivity index (χ1v) is 13.7. The Hall–Kier alpha value is -3.69. The number of aromatic nitrogens is 3. The first-order valence-electron chi connectivity index (χ1n) is 13.7. The summed E-state index contributed by atoms with van der Waals surface area (Å²) in [6.07, 6.45) is 3.62. The summed E-state index contributed by atoms with van der Waals surface area (Å²) in [5, 5.41) is 0.313. The Bertz CT molecular complexity index is 1530.